The molecule has 1 heterocycles. The molecular formula is C10H16N2O2. The minimum atomic E-state index is 0.0374. The standard InChI is InChI=1S/C10H16N2O2/c1-2-4-12-10(13)7-11-6-9-3-5-14-8-9/h3,5,8,11H,2,4,6-7H2,1H3,(H,12,13). The fourth-order valence-electron chi connectivity index (χ4n) is 1.04. The van der Waals surface area contributed by atoms with Crippen molar-refractivity contribution in [3.8, 4) is 0 Å². The molecule has 78 valence electrons. The van der Waals surface area contributed by atoms with Crippen molar-refractivity contribution in [3.05, 3.63) is 24.2 Å². The third kappa shape index (κ3) is 4.09. The highest BCUT2D eigenvalue weighted by Crippen LogP contribution is 1.97. The van der Waals surface area contributed by atoms with Crippen LogP contribution in [0.5, 0.6) is 0 Å². The van der Waals surface area contributed by atoms with Gasteiger partial charge in [0.05, 0.1) is 19.1 Å². The van der Waals surface area contributed by atoms with Crippen LogP contribution < -0.4 is 10.6 Å². The van der Waals surface area contributed by atoms with E-state index in [0.717, 1.165) is 18.5 Å². The Hall–Kier alpha value is -1.29. The number of hydrogen-bond donors (Lipinski definition) is 2. The van der Waals surface area contributed by atoms with Crippen LogP contribution in [-0.4, -0.2) is 19.0 Å². The Labute approximate surface area is 83.7 Å². The topological polar surface area (TPSA) is 54.3 Å². The molecule has 0 atom stereocenters. The summed E-state index contributed by atoms with van der Waals surface area (Å²) in [7, 11) is 0. The quantitative estimate of drug-likeness (QED) is 0.710. The summed E-state index contributed by atoms with van der Waals surface area (Å²) in [5.74, 6) is 0.0374. The summed E-state index contributed by atoms with van der Waals surface area (Å²) >= 11 is 0. The third-order valence-electron chi connectivity index (χ3n) is 1.77. The molecule has 0 aromatic carbocycles. The minimum absolute atomic E-state index is 0.0374. The largest absolute Gasteiger partial charge is 0.472 e. The molecule has 0 unspecified atom stereocenters. The van der Waals surface area contributed by atoms with Gasteiger partial charge >= 0.3 is 0 Å². The molecule has 0 fully saturated rings. The maximum atomic E-state index is 11.1. The lowest BCUT2D eigenvalue weighted by Crippen LogP contribution is -2.33. The van der Waals surface area contributed by atoms with Gasteiger partial charge in [-0.3, -0.25) is 4.79 Å². The second kappa shape index (κ2) is 6.21. The SMILES string of the molecule is CCCNC(=O)CNCc1ccoc1. The van der Waals surface area contributed by atoms with Crippen LogP contribution in [0.15, 0.2) is 23.0 Å². The van der Waals surface area contributed by atoms with Gasteiger partial charge in [0.15, 0.2) is 0 Å². The Kier molecular flexibility index (Phi) is 4.78. The number of furan rings is 1. The summed E-state index contributed by atoms with van der Waals surface area (Å²) in [4.78, 5) is 11.1. The predicted octanol–water partition coefficient (Wildman–Crippen LogP) is 0.895. The smallest absolute Gasteiger partial charge is 0.233 e. The number of amides is 1. The van der Waals surface area contributed by atoms with Gasteiger partial charge in [0, 0.05) is 18.7 Å². The number of hydrogen-bond acceptors (Lipinski definition) is 3. The zero-order chi connectivity index (χ0) is 10.2. The van der Waals surface area contributed by atoms with Gasteiger partial charge < -0.3 is 15.1 Å². The normalized spacial score (nSPS) is 10.1. The summed E-state index contributed by atoms with van der Waals surface area (Å²) in [6.07, 6.45) is 4.25. The van der Waals surface area contributed by atoms with Gasteiger partial charge in [0.2, 0.25) is 5.91 Å². The monoisotopic (exact) mass is 196 g/mol. The summed E-state index contributed by atoms with van der Waals surface area (Å²) < 4.78 is 4.90. The van der Waals surface area contributed by atoms with Gasteiger partial charge in [-0.2, -0.15) is 0 Å². The maximum Gasteiger partial charge on any atom is 0.233 e. The van der Waals surface area contributed by atoms with Crippen molar-refractivity contribution in [1.29, 1.82) is 0 Å². The van der Waals surface area contributed by atoms with Crippen molar-refractivity contribution in [3.63, 3.8) is 0 Å². The molecule has 1 aromatic rings. The zero-order valence-corrected chi connectivity index (χ0v) is 8.38. The van der Waals surface area contributed by atoms with Gasteiger partial charge in [-0.15, -0.1) is 0 Å². The first-order valence-corrected chi connectivity index (χ1v) is 4.81. The van der Waals surface area contributed by atoms with Crippen LogP contribution in [-0.2, 0) is 11.3 Å². The first-order chi connectivity index (χ1) is 6.83. The van der Waals surface area contributed by atoms with E-state index in [1.165, 1.54) is 0 Å². The van der Waals surface area contributed by atoms with Crippen molar-refractivity contribution in [1.82, 2.24) is 10.6 Å². The molecule has 0 aliphatic carbocycles. The summed E-state index contributed by atoms with van der Waals surface area (Å²) in [5, 5.41) is 5.81. The predicted molar refractivity (Wildman–Crippen MR) is 53.7 cm³/mol. The molecule has 1 aromatic heterocycles. The van der Waals surface area contributed by atoms with Crippen LogP contribution >= 0.6 is 0 Å². The molecule has 4 heteroatoms. The van der Waals surface area contributed by atoms with E-state index in [4.69, 9.17) is 4.42 Å². The van der Waals surface area contributed by atoms with Crippen molar-refractivity contribution < 1.29 is 9.21 Å². The Balaban J connectivity index is 2.06. The Morgan fingerprint density at radius 1 is 1.57 bits per heavy atom. The molecule has 2 N–H and O–H groups in total. The summed E-state index contributed by atoms with van der Waals surface area (Å²) in [6, 6.07) is 1.87. The number of carbonyl (C=O) groups excluding carboxylic acids is 1. The lowest BCUT2D eigenvalue weighted by Gasteiger charge is -2.03. The average Bonchev–Trinajstić information content (AvgIpc) is 2.67. The molecule has 0 aliphatic rings. The highest BCUT2D eigenvalue weighted by molar-refractivity contribution is 5.77. The molecular weight excluding hydrogens is 180 g/mol. The molecule has 0 saturated carbocycles. The van der Waals surface area contributed by atoms with E-state index in [-0.39, 0.29) is 5.91 Å². The van der Waals surface area contributed by atoms with E-state index in [1.807, 2.05) is 13.0 Å². The van der Waals surface area contributed by atoms with E-state index in [1.54, 1.807) is 12.5 Å². The first kappa shape index (κ1) is 10.8. The fraction of sp³-hybridized carbons (Fsp3) is 0.500. The van der Waals surface area contributed by atoms with Crippen LogP contribution in [0.3, 0.4) is 0 Å². The molecule has 0 spiro atoms. The average molecular weight is 196 g/mol. The Morgan fingerprint density at radius 2 is 2.43 bits per heavy atom. The van der Waals surface area contributed by atoms with E-state index in [9.17, 15) is 4.79 Å². The molecule has 14 heavy (non-hydrogen) atoms. The Morgan fingerprint density at radius 3 is 3.07 bits per heavy atom. The van der Waals surface area contributed by atoms with E-state index in [2.05, 4.69) is 10.6 Å². The minimum Gasteiger partial charge on any atom is -0.472 e. The molecule has 0 aliphatic heterocycles. The number of carbonyl (C=O) groups is 1. The van der Waals surface area contributed by atoms with Crippen LogP contribution in [0.4, 0.5) is 0 Å². The van der Waals surface area contributed by atoms with Crippen molar-refractivity contribution in [2.45, 2.75) is 19.9 Å². The summed E-state index contributed by atoms with van der Waals surface area (Å²) in [6.45, 7) is 3.78. The van der Waals surface area contributed by atoms with Gasteiger partial charge in [-0.25, -0.2) is 0 Å². The van der Waals surface area contributed by atoms with Crippen LogP contribution in [0.1, 0.15) is 18.9 Å². The van der Waals surface area contributed by atoms with Gasteiger partial charge in [-0.1, -0.05) is 6.92 Å². The molecule has 1 amide bonds. The highest BCUT2D eigenvalue weighted by Gasteiger charge is 1.99. The van der Waals surface area contributed by atoms with Crippen LogP contribution in [0.2, 0.25) is 0 Å². The van der Waals surface area contributed by atoms with E-state index < -0.39 is 0 Å². The number of nitrogens with one attached hydrogen (secondary N) is 2. The lowest BCUT2D eigenvalue weighted by atomic mass is 10.3. The zero-order valence-electron chi connectivity index (χ0n) is 8.38. The first-order valence-electron chi connectivity index (χ1n) is 4.81. The second-order valence-electron chi connectivity index (χ2n) is 3.09. The Bertz CT molecular complexity index is 257. The lowest BCUT2D eigenvalue weighted by molar-refractivity contribution is -0.120. The second-order valence-corrected chi connectivity index (χ2v) is 3.09. The van der Waals surface area contributed by atoms with Gasteiger partial charge in [0.25, 0.3) is 0 Å². The van der Waals surface area contributed by atoms with Gasteiger partial charge in [-0.05, 0) is 12.5 Å². The van der Waals surface area contributed by atoms with Crippen molar-refractivity contribution >= 4 is 5.91 Å². The molecule has 1 rings (SSSR count). The number of rotatable bonds is 6. The van der Waals surface area contributed by atoms with Crippen molar-refractivity contribution in [2.24, 2.45) is 0 Å². The third-order valence-corrected chi connectivity index (χ3v) is 1.77. The van der Waals surface area contributed by atoms with Crippen LogP contribution in [0, 0.1) is 0 Å². The maximum absolute atomic E-state index is 11.1. The molecule has 4 nitrogen and oxygen atoms in total. The molecule has 0 radical (unpaired) electrons. The van der Waals surface area contributed by atoms with E-state index >= 15 is 0 Å². The van der Waals surface area contributed by atoms with E-state index in [0.29, 0.717) is 13.1 Å². The molecule has 0 bridgehead atoms. The fourth-order valence-corrected chi connectivity index (χ4v) is 1.04. The van der Waals surface area contributed by atoms with Crippen LogP contribution in [0.25, 0.3) is 0 Å². The molecule has 0 saturated heterocycles. The highest BCUT2D eigenvalue weighted by atomic mass is 16.3. The summed E-state index contributed by atoms with van der Waals surface area (Å²) in [5.41, 5.74) is 1.05. The van der Waals surface area contributed by atoms with Gasteiger partial charge in [0.1, 0.15) is 0 Å². The van der Waals surface area contributed by atoms with Crippen molar-refractivity contribution in [2.75, 3.05) is 13.1 Å².